The molecular formula is HCeFeKMoZr. The van der Waals surface area contributed by atoms with E-state index in [9.17, 15) is 0 Å². The van der Waals surface area contributed by atoms with Crippen molar-refractivity contribution in [2.45, 2.75) is 0 Å². The van der Waals surface area contributed by atoms with Crippen molar-refractivity contribution < 1.29 is 159 Å². The minimum atomic E-state index is 0. The van der Waals surface area contributed by atoms with E-state index in [1.807, 2.05) is 0 Å². The molecule has 0 bridgehead atoms. The van der Waals surface area contributed by atoms with Crippen LogP contribution in [-0.2, 0) is 64.3 Å². The van der Waals surface area contributed by atoms with Gasteiger partial charge in [-0.1, -0.05) is 0 Å². The van der Waals surface area contributed by atoms with Crippen LogP contribution in [0.2, 0.25) is 0 Å². The van der Waals surface area contributed by atoms with Gasteiger partial charge in [-0.25, -0.2) is 0 Å². The fourth-order valence-electron chi connectivity index (χ4n) is 0. The Bertz CT molecular complexity index is 15.5. The van der Waals surface area contributed by atoms with Crippen LogP contribution >= 0.6 is 0 Å². The molecule has 0 saturated carbocycles. The topological polar surface area (TPSA) is 0 Å². The molecule has 0 rings (SSSR count). The van der Waals surface area contributed by atoms with Gasteiger partial charge in [-0.15, -0.1) is 0 Å². The zero-order valence-corrected chi connectivity index (χ0v) is 14.6. The molecule has 0 N–H and O–H groups in total. The van der Waals surface area contributed by atoms with Gasteiger partial charge < -0.3 is 1.43 Å². The van der Waals surface area contributed by atoms with Crippen molar-refractivity contribution in [3.8, 4) is 0 Å². The maximum Gasteiger partial charge on any atom is 1.00 e. The van der Waals surface area contributed by atoms with E-state index in [-0.39, 0.29) is 159 Å². The van der Waals surface area contributed by atoms with Crippen molar-refractivity contribution >= 4 is 0 Å². The average Bonchev–Trinajstić information content (AvgIpc) is 0. The van der Waals surface area contributed by atoms with Crippen LogP contribution in [0.1, 0.15) is 1.43 Å². The first-order valence-corrected chi connectivity index (χ1v) is 0. The molecule has 0 aromatic carbocycles. The Morgan fingerprint density at radius 1 is 1.20 bits per heavy atom. The molecule has 0 aliphatic heterocycles. The van der Waals surface area contributed by atoms with Crippen molar-refractivity contribution in [2.75, 3.05) is 0 Å². The van der Waals surface area contributed by atoms with E-state index in [0.717, 1.165) is 0 Å². The van der Waals surface area contributed by atoms with Gasteiger partial charge in [0.05, 0.1) is 0 Å². The van der Waals surface area contributed by atoms with Gasteiger partial charge in [0.25, 0.3) is 0 Å². The monoisotopic (exact) mass is 424 g/mol. The normalized spacial score (nSPS) is 0. The number of rotatable bonds is 0. The van der Waals surface area contributed by atoms with Crippen molar-refractivity contribution in [3.63, 3.8) is 0 Å². The summed E-state index contributed by atoms with van der Waals surface area (Å²) in [5.74, 6) is 0. The Labute approximate surface area is 154 Å². The van der Waals surface area contributed by atoms with Gasteiger partial charge in [0.1, 0.15) is 0 Å². The van der Waals surface area contributed by atoms with Crippen LogP contribution in [-0.4, -0.2) is 0 Å². The zero-order chi connectivity index (χ0) is 0. The Balaban J connectivity index is 0. The Morgan fingerprint density at radius 3 is 1.20 bits per heavy atom. The first-order valence-electron chi connectivity index (χ1n) is 0. The van der Waals surface area contributed by atoms with E-state index in [4.69, 9.17) is 0 Å². The van der Waals surface area contributed by atoms with Gasteiger partial charge >= 0.3 is 51.4 Å². The summed E-state index contributed by atoms with van der Waals surface area (Å²) >= 11 is 0. The molecule has 0 heterocycles. The molecule has 0 unspecified atom stereocenters. The third-order valence-corrected chi connectivity index (χ3v) is 0. The minimum Gasteiger partial charge on any atom is -1.00 e. The largest absolute Gasteiger partial charge is 1.00 e. The third-order valence-electron chi connectivity index (χ3n) is 0. The Morgan fingerprint density at radius 2 is 1.20 bits per heavy atom. The fourth-order valence-corrected chi connectivity index (χ4v) is 0. The molecule has 0 saturated heterocycles. The molecule has 0 spiro atoms. The van der Waals surface area contributed by atoms with Gasteiger partial charge in [-0.2, -0.15) is 0 Å². The first-order chi connectivity index (χ1) is 0. The quantitative estimate of drug-likeness (QED) is 0.368. The van der Waals surface area contributed by atoms with E-state index >= 15 is 0 Å². The Kier molecular flexibility index (Phi) is 148. The second kappa shape index (κ2) is 23.0. The van der Waals surface area contributed by atoms with E-state index in [1.54, 1.807) is 0 Å². The van der Waals surface area contributed by atoms with Crippen LogP contribution in [0.4, 0.5) is 0 Å². The summed E-state index contributed by atoms with van der Waals surface area (Å²) in [7, 11) is 0. The molecule has 24 valence electrons. The molecular weight excluding hydrogens is 422 g/mol. The maximum atomic E-state index is 0. The maximum absolute atomic E-state index is 0. The van der Waals surface area contributed by atoms with E-state index < -0.39 is 0 Å². The summed E-state index contributed by atoms with van der Waals surface area (Å²) < 4.78 is 0. The molecule has 0 atom stereocenters. The fraction of sp³-hybridized carbons (Fsp3) is 0. The average molecular weight is 423 g/mol. The predicted molar refractivity (Wildman–Crippen MR) is 1.11 cm³/mol. The summed E-state index contributed by atoms with van der Waals surface area (Å²) in [5, 5.41) is 0. The van der Waals surface area contributed by atoms with Crippen LogP contribution < -0.4 is 51.4 Å². The van der Waals surface area contributed by atoms with Crippen molar-refractivity contribution in [2.24, 2.45) is 0 Å². The van der Waals surface area contributed by atoms with Crippen LogP contribution in [0.3, 0.4) is 0 Å². The molecule has 0 aliphatic carbocycles. The van der Waals surface area contributed by atoms with Crippen LogP contribution in [0.25, 0.3) is 0 Å². The van der Waals surface area contributed by atoms with E-state index in [1.165, 1.54) is 0 Å². The van der Waals surface area contributed by atoms with Crippen LogP contribution in [0.15, 0.2) is 0 Å². The molecule has 0 fully saturated rings. The molecule has 0 aromatic rings. The van der Waals surface area contributed by atoms with Gasteiger partial charge in [0, 0.05) is 106 Å². The van der Waals surface area contributed by atoms with Gasteiger partial charge in [0.15, 0.2) is 0 Å². The summed E-state index contributed by atoms with van der Waals surface area (Å²) in [6, 6.07) is 0. The molecule has 0 aliphatic rings. The molecule has 0 radical (unpaired) electrons. The molecule has 0 amide bonds. The van der Waals surface area contributed by atoms with Crippen molar-refractivity contribution in [1.82, 2.24) is 0 Å². The Hall–Kier alpha value is 5.10. The molecule has 0 aromatic heterocycles. The number of hydrogen-bond acceptors (Lipinski definition) is 0. The summed E-state index contributed by atoms with van der Waals surface area (Å²) in [5.41, 5.74) is 0. The second-order valence-corrected chi connectivity index (χ2v) is 0. The number of hydrogen-bond donors (Lipinski definition) is 0. The van der Waals surface area contributed by atoms with Gasteiger partial charge in [-0.3, -0.25) is 0 Å². The first kappa shape index (κ1) is 32.1. The molecule has 5 heavy (non-hydrogen) atoms. The van der Waals surface area contributed by atoms with Crippen molar-refractivity contribution in [1.29, 1.82) is 0 Å². The summed E-state index contributed by atoms with van der Waals surface area (Å²) in [4.78, 5) is 0. The second-order valence-electron chi connectivity index (χ2n) is 0. The van der Waals surface area contributed by atoms with Crippen LogP contribution in [0, 0.1) is 41.7 Å². The van der Waals surface area contributed by atoms with E-state index in [2.05, 4.69) is 0 Å². The van der Waals surface area contributed by atoms with Crippen molar-refractivity contribution in [3.05, 3.63) is 0 Å². The minimum absolute atomic E-state index is 0. The predicted octanol–water partition coefficient (Wildman–Crippen LogP) is -2.89. The standard InChI is InChI=1S/Ce.Fe.K.Mo.Zr.H/q;;+1;;;-1. The summed E-state index contributed by atoms with van der Waals surface area (Å²) in [6.07, 6.45) is 0. The van der Waals surface area contributed by atoms with Gasteiger partial charge in [-0.05, 0) is 0 Å². The SMILES string of the molecule is [Ce].[Fe].[H-].[K+].[Mo].[Zr]. The van der Waals surface area contributed by atoms with E-state index in [0.29, 0.717) is 0 Å². The third kappa shape index (κ3) is 17.6. The van der Waals surface area contributed by atoms with Crippen LogP contribution in [0.5, 0.6) is 0 Å². The smallest absolute Gasteiger partial charge is 1.00 e. The molecule has 5 heteroatoms. The zero-order valence-electron chi connectivity index (χ0n) is 3.76. The molecule has 0 nitrogen and oxygen atoms in total. The summed E-state index contributed by atoms with van der Waals surface area (Å²) in [6.45, 7) is 0. The van der Waals surface area contributed by atoms with Gasteiger partial charge in [0.2, 0.25) is 0 Å².